The highest BCUT2D eigenvalue weighted by Crippen LogP contribution is 2.16. The van der Waals surface area contributed by atoms with E-state index in [1.165, 1.54) is 9.75 Å². The van der Waals surface area contributed by atoms with E-state index in [0.717, 1.165) is 12.0 Å². The smallest absolute Gasteiger partial charge is 0.272 e. The van der Waals surface area contributed by atoms with Crippen LogP contribution in [0.1, 0.15) is 22.2 Å². The van der Waals surface area contributed by atoms with Crippen molar-refractivity contribution in [2.75, 3.05) is 13.7 Å². The lowest BCUT2D eigenvalue weighted by Gasteiger charge is -2.12. The molecule has 0 aliphatic heterocycles. The van der Waals surface area contributed by atoms with Crippen LogP contribution in [0.25, 0.3) is 0 Å². The standard InChI is InChI=1S/C18H23F2N3OS/c1-3-15-7-8-16(25-15)11-23-18(21-2)22-10-13-5-4-6-14(9-13)24-12-17(19)20/h4-9,17H,3,10-12H2,1-2H3,(H2,21,22,23). The molecule has 7 heteroatoms. The van der Waals surface area contributed by atoms with Gasteiger partial charge in [0.2, 0.25) is 0 Å². The molecule has 0 saturated carbocycles. The van der Waals surface area contributed by atoms with E-state index in [1.807, 2.05) is 6.07 Å². The van der Waals surface area contributed by atoms with Gasteiger partial charge in [-0.05, 0) is 36.2 Å². The van der Waals surface area contributed by atoms with Crippen LogP contribution in [0.3, 0.4) is 0 Å². The number of hydrogen-bond donors (Lipinski definition) is 2. The van der Waals surface area contributed by atoms with Gasteiger partial charge in [0.25, 0.3) is 6.43 Å². The summed E-state index contributed by atoms with van der Waals surface area (Å²) in [6, 6.07) is 11.4. The summed E-state index contributed by atoms with van der Waals surface area (Å²) >= 11 is 1.79. The fourth-order valence-corrected chi connectivity index (χ4v) is 3.09. The van der Waals surface area contributed by atoms with Gasteiger partial charge >= 0.3 is 0 Å². The van der Waals surface area contributed by atoms with Crippen LogP contribution in [0.15, 0.2) is 41.4 Å². The lowest BCUT2D eigenvalue weighted by molar-refractivity contribution is 0.0818. The van der Waals surface area contributed by atoms with Crippen molar-refractivity contribution in [2.45, 2.75) is 32.9 Å². The SMILES string of the molecule is CCc1ccc(CNC(=NC)NCc2cccc(OCC(F)F)c2)s1. The van der Waals surface area contributed by atoms with Gasteiger partial charge in [-0.1, -0.05) is 19.1 Å². The molecule has 0 aliphatic rings. The van der Waals surface area contributed by atoms with Crippen LogP contribution in [0.4, 0.5) is 8.78 Å². The second kappa shape index (κ2) is 9.98. The van der Waals surface area contributed by atoms with E-state index in [9.17, 15) is 8.78 Å². The van der Waals surface area contributed by atoms with Crippen LogP contribution in [-0.4, -0.2) is 26.0 Å². The number of alkyl halides is 2. The summed E-state index contributed by atoms with van der Waals surface area (Å²) < 4.78 is 29.5. The third-order valence-corrected chi connectivity index (χ3v) is 4.68. The molecule has 2 rings (SSSR count). The first-order valence-corrected chi connectivity index (χ1v) is 8.94. The Morgan fingerprint density at radius 3 is 2.60 bits per heavy atom. The van der Waals surface area contributed by atoms with Crippen LogP contribution in [0, 0.1) is 0 Å². The first-order chi connectivity index (χ1) is 12.1. The summed E-state index contributed by atoms with van der Waals surface area (Å²) in [5, 5.41) is 6.48. The van der Waals surface area contributed by atoms with Gasteiger partial charge in [0, 0.05) is 23.3 Å². The van der Waals surface area contributed by atoms with Crippen molar-refractivity contribution >= 4 is 17.3 Å². The fourth-order valence-electron chi connectivity index (χ4n) is 2.19. The van der Waals surface area contributed by atoms with Gasteiger partial charge in [-0.2, -0.15) is 0 Å². The Balaban J connectivity index is 1.82. The van der Waals surface area contributed by atoms with Crippen LogP contribution in [0.2, 0.25) is 0 Å². The van der Waals surface area contributed by atoms with Crippen LogP contribution < -0.4 is 15.4 Å². The first kappa shape index (κ1) is 19.2. The summed E-state index contributed by atoms with van der Waals surface area (Å²) in [5.41, 5.74) is 0.930. The highest BCUT2D eigenvalue weighted by atomic mass is 32.1. The molecule has 0 radical (unpaired) electrons. The maximum Gasteiger partial charge on any atom is 0.272 e. The van der Waals surface area contributed by atoms with Crippen LogP contribution in [0.5, 0.6) is 5.75 Å². The van der Waals surface area contributed by atoms with Crippen LogP contribution >= 0.6 is 11.3 Å². The summed E-state index contributed by atoms with van der Waals surface area (Å²) in [7, 11) is 1.71. The zero-order valence-corrected chi connectivity index (χ0v) is 15.2. The second-order valence-corrected chi connectivity index (χ2v) is 6.60. The van der Waals surface area contributed by atoms with E-state index >= 15 is 0 Å². The Labute approximate surface area is 150 Å². The highest BCUT2D eigenvalue weighted by Gasteiger charge is 2.05. The number of rotatable bonds is 8. The van der Waals surface area contributed by atoms with Crippen molar-refractivity contribution in [3.05, 3.63) is 51.7 Å². The highest BCUT2D eigenvalue weighted by molar-refractivity contribution is 7.11. The van der Waals surface area contributed by atoms with Crippen molar-refractivity contribution in [3.8, 4) is 5.75 Å². The predicted molar refractivity (Wildman–Crippen MR) is 98.7 cm³/mol. The third kappa shape index (κ3) is 6.70. The number of nitrogens with one attached hydrogen (secondary N) is 2. The van der Waals surface area contributed by atoms with Gasteiger partial charge in [0.1, 0.15) is 12.4 Å². The van der Waals surface area contributed by atoms with E-state index in [-0.39, 0.29) is 0 Å². The predicted octanol–water partition coefficient (Wildman–Crippen LogP) is 3.82. The monoisotopic (exact) mass is 367 g/mol. The minimum absolute atomic E-state index is 0.438. The van der Waals surface area contributed by atoms with Gasteiger partial charge < -0.3 is 15.4 Å². The zero-order chi connectivity index (χ0) is 18.1. The molecule has 0 fully saturated rings. The number of thiophene rings is 1. The van der Waals surface area contributed by atoms with Crippen molar-refractivity contribution < 1.29 is 13.5 Å². The van der Waals surface area contributed by atoms with E-state index in [2.05, 4.69) is 34.7 Å². The lowest BCUT2D eigenvalue weighted by Crippen LogP contribution is -2.36. The Morgan fingerprint density at radius 1 is 1.16 bits per heavy atom. The maximum atomic E-state index is 12.2. The van der Waals surface area contributed by atoms with E-state index in [0.29, 0.717) is 24.8 Å². The van der Waals surface area contributed by atoms with Gasteiger partial charge in [-0.3, -0.25) is 4.99 Å². The zero-order valence-electron chi connectivity index (χ0n) is 14.4. The molecule has 0 spiro atoms. The molecule has 0 atom stereocenters. The van der Waals surface area contributed by atoms with Crippen molar-refractivity contribution in [1.29, 1.82) is 0 Å². The molecule has 1 aromatic heterocycles. The molecular formula is C18H23F2N3OS. The summed E-state index contributed by atoms with van der Waals surface area (Å²) in [4.78, 5) is 6.81. The van der Waals surface area contributed by atoms with E-state index in [1.54, 1.807) is 36.6 Å². The molecular weight excluding hydrogens is 344 g/mol. The number of aryl methyl sites for hydroxylation is 1. The quantitative estimate of drug-likeness (QED) is 0.551. The largest absolute Gasteiger partial charge is 0.488 e. The van der Waals surface area contributed by atoms with Crippen molar-refractivity contribution in [1.82, 2.24) is 10.6 Å². The number of halogens is 2. The number of aliphatic imine (C=N–C) groups is 1. The minimum atomic E-state index is -2.48. The van der Waals surface area contributed by atoms with Crippen LogP contribution in [-0.2, 0) is 19.5 Å². The topological polar surface area (TPSA) is 45.7 Å². The molecule has 1 aromatic carbocycles. The van der Waals surface area contributed by atoms with Crippen molar-refractivity contribution in [3.63, 3.8) is 0 Å². The average molecular weight is 367 g/mol. The molecule has 136 valence electrons. The number of hydrogen-bond acceptors (Lipinski definition) is 3. The Bertz CT molecular complexity index is 688. The van der Waals surface area contributed by atoms with Gasteiger partial charge in [-0.25, -0.2) is 8.78 Å². The summed E-state index contributed by atoms with van der Waals surface area (Å²) in [6.45, 7) is 2.78. The molecule has 0 aliphatic carbocycles. The number of guanidine groups is 1. The average Bonchev–Trinajstić information content (AvgIpc) is 3.08. The normalized spacial score (nSPS) is 11.6. The van der Waals surface area contributed by atoms with Gasteiger partial charge in [0.05, 0.1) is 6.54 Å². The molecule has 1 heterocycles. The van der Waals surface area contributed by atoms with Crippen molar-refractivity contribution in [2.24, 2.45) is 4.99 Å². The Kier molecular flexibility index (Phi) is 7.66. The molecule has 25 heavy (non-hydrogen) atoms. The molecule has 0 unspecified atom stereocenters. The number of benzene rings is 1. The van der Waals surface area contributed by atoms with Gasteiger partial charge in [0.15, 0.2) is 5.96 Å². The summed E-state index contributed by atoms with van der Waals surface area (Å²) in [6.07, 6.45) is -1.43. The minimum Gasteiger partial charge on any atom is -0.488 e. The second-order valence-electron chi connectivity index (χ2n) is 5.35. The molecule has 0 saturated heterocycles. The maximum absolute atomic E-state index is 12.2. The summed E-state index contributed by atoms with van der Waals surface area (Å²) in [5.74, 6) is 1.12. The molecule has 4 nitrogen and oxygen atoms in total. The lowest BCUT2D eigenvalue weighted by atomic mass is 10.2. The Hall–Kier alpha value is -2.15. The fraction of sp³-hybridized carbons (Fsp3) is 0.389. The number of nitrogens with zero attached hydrogens (tertiary/aromatic N) is 1. The molecule has 0 amide bonds. The van der Waals surface area contributed by atoms with E-state index in [4.69, 9.17) is 4.74 Å². The molecule has 0 bridgehead atoms. The van der Waals surface area contributed by atoms with Gasteiger partial charge in [-0.15, -0.1) is 11.3 Å². The number of ether oxygens (including phenoxy) is 1. The molecule has 2 aromatic rings. The molecule has 2 N–H and O–H groups in total. The van der Waals surface area contributed by atoms with E-state index < -0.39 is 13.0 Å². The third-order valence-electron chi connectivity index (χ3n) is 3.45. The first-order valence-electron chi connectivity index (χ1n) is 8.12. The Morgan fingerprint density at radius 2 is 1.92 bits per heavy atom.